The van der Waals surface area contributed by atoms with Crippen molar-refractivity contribution in [1.29, 1.82) is 0 Å². The molecule has 174 valence electrons. The molecule has 0 aliphatic carbocycles. The number of anilines is 3. The summed E-state index contributed by atoms with van der Waals surface area (Å²) < 4.78 is 29.0. The number of pyridine rings is 1. The topological polar surface area (TPSA) is 101 Å². The van der Waals surface area contributed by atoms with Crippen molar-refractivity contribution in [2.75, 3.05) is 55.9 Å². The molecule has 4 heterocycles. The second kappa shape index (κ2) is 9.20. The van der Waals surface area contributed by atoms with Gasteiger partial charge in [0.15, 0.2) is 9.84 Å². The zero-order chi connectivity index (χ0) is 22.8. The summed E-state index contributed by atoms with van der Waals surface area (Å²) >= 11 is 0. The summed E-state index contributed by atoms with van der Waals surface area (Å²) in [5, 5.41) is 4.15. The second-order valence-corrected chi connectivity index (χ2v) is 10.6. The average molecular weight is 469 g/mol. The van der Waals surface area contributed by atoms with E-state index in [1.807, 2.05) is 6.07 Å². The zero-order valence-electron chi connectivity index (χ0n) is 18.6. The van der Waals surface area contributed by atoms with Crippen LogP contribution in [-0.4, -0.2) is 80.0 Å². The van der Waals surface area contributed by atoms with E-state index in [4.69, 9.17) is 14.7 Å². The second-order valence-electron chi connectivity index (χ2n) is 8.55. The molecule has 5 rings (SSSR count). The van der Waals surface area contributed by atoms with Crippen molar-refractivity contribution in [2.45, 2.75) is 23.8 Å². The van der Waals surface area contributed by atoms with Gasteiger partial charge >= 0.3 is 0 Å². The molecule has 1 aromatic carbocycles. The predicted octanol–water partition coefficient (Wildman–Crippen LogP) is 2.47. The summed E-state index contributed by atoms with van der Waals surface area (Å²) in [6.45, 7) is 5.47. The van der Waals surface area contributed by atoms with Crippen LogP contribution < -0.4 is 10.2 Å². The lowest BCUT2D eigenvalue weighted by Crippen LogP contribution is -2.49. The SMILES string of the molecule is CS(=O)(=O)c1ccc(Nc2nc(N3CCC(N4CCOCC4)CC3)nc3ccncc23)cc1. The molecule has 0 saturated carbocycles. The molecule has 2 aromatic heterocycles. The molecule has 2 saturated heterocycles. The zero-order valence-corrected chi connectivity index (χ0v) is 19.5. The molecule has 0 unspecified atom stereocenters. The molecule has 2 aliphatic heterocycles. The minimum atomic E-state index is -3.24. The van der Waals surface area contributed by atoms with Gasteiger partial charge < -0.3 is 15.0 Å². The summed E-state index contributed by atoms with van der Waals surface area (Å²) in [6, 6.07) is 9.15. The molecule has 9 nitrogen and oxygen atoms in total. The van der Waals surface area contributed by atoms with Gasteiger partial charge in [0.1, 0.15) is 5.82 Å². The normalized spacial score (nSPS) is 18.5. The van der Waals surface area contributed by atoms with Gasteiger partial charge in [-0.1, -0.05) is 0 Å². The number of nitrogens with one attached hydrogen (secondary N) is 1. The average Bonchev–Trinajstić information content (AvgIpc) is 2.84. The van der Waals surface area contributed by atoms with E-state index < -0.39 is 9.84 Å². The quantitative estimate of drug-likeness (QED) is 0.605. The lowest BCUT2D eigenvalue weighted by atomic mass is 10.0. The van der Waals surface area contributed by atoms with E-state index in [0.717, 1.165) is 68.8 Å². The van der Waals surface area contributed by atoms with Crippen molar-refractivity contribution >= 4 is 38.2 Å². The molecule has 3 aromatic rings. The van der Waals surface area contributed by atoms with Crippen LogP contribution in [-0.2, 0) is 14.6 Å². The highest BCUT2D eigenvalue weighted by atomic mass is 32.2. The number of fused-ring (bicyclic) bond motifs is 1. The first-order valence-electron chi connectivity index (χ1n) is 11.2. The first kappa shape index (κ1) is 22.0. The third-order valence-corrected chi connectivity index (χ3v) is 7.47. The lowest BCUT2D eigenvalue weighted by molar-refractivity contribution is 0.0114. The van der Waals surface area contributed by atoms with Crippen LogP contribution >= 0.6 is 0 Å². The fourth-order valence-electron chi connectivity index (χ4n) is 4.49. The summed E-state index contributed by atoms with van der Waals surface area (Å²) in [5.41, 5.74) is 1.57. The largest absolute Gasteiger partial charge is 0.379 e. The maximum Gasteiger partial charge on any atom is 0.227 e. The smallest absolute Gasteiger partial charge is 0.227 e. The molecule has 0 amide bonds. The monoisotopic (exact) mass is 468 g/mol. The molecular formula is C23H28N6O3S. The minimum absolute atomic E-state index is 0.283. The van der Waals surface area contributed by atoms with Gasteiger partial charge in [0, 0.05) is 56.6 Å². The number of morpholine rings is 1. The van der Waals surface area contributed by atoms with Gasteiger partial charge in [-0.25, -0.2) is 13.4 Å². The predicted molar refractivity (Wildman–Crippen MR) is 128 cm³/mol. The van der Waals surface area contributed by atoms with Gasteiger partial charge in [-0.3, -0.25) is 9.88 Å². The Balaban J connectivity index is 1.37. The molecule has 0 spiro atoms. The Labute approximate surface area is 193 Å². The van der Waals surface area contributed by atoms with E-state index in [-0.39, 0.29) is 4.90 Å². The maximum absolute atomic E-state index is 11.8. The van der Waals surface area contributed by atoms with Gasteiger partial charge in [-0.05, 0) is 43.2 Å². The first-order valence-corrected chi connectivity index (χ1v) is 13.1. The molecule has 0 radical (unpaired) electrons. The lowest BCUT2D eigenvalue weighted by Gasteiger charge is -2.40. The summed E-state index contributed by atoms with van der Waals surface area (Å²) in [7, 11) is -3.24. The van der Waals surface area contributed by atoms with Crippen LogP contribution in [0.25, 0.3) is 10.9 Å². The van der Waals surface area contributed by atoms with E-state index >= 15 is 0 Å². The van der Waals surface area contributed by atoms with Crippen LogP contribution in [0.15, 0.2) is 47.6 Å². The van der Waals surface area contributed by atoms with Gasteiger partial charge in [0.05, 0.1) is 29.0 Å². The van der Waals surface area contributed by atoms with E-state index in [2.05, 4.69) is 20.1 Å². The Bertz CT molecular complexity index is 1220. The fraction of sp³-hybridized carbons (Fsp3) is 0.435. The molecule has 0 atom stereocenters. The van der Waals surface area contributed by atoms with E-state index in [1.54, 1.807) is 36.7 Å². The van der Waals surface area contributed by atoms with Crippen LogP contribution in [0.5, 0.6) is 0 Å². The van der Waals surface area contributed by atoms with Gasteiger partial charge in [0.25, 0.3) is 0 Å². The third-order valence-electron chi connectivity index (χ3n) is 6.34. The number of piperidine rings is 1. The van der Waals surface area contributed by atoms with Crippen LogP contribution in [0.1, 0.15) is 12.8 Å². The molecular weight excluding hydrogens is 440 g/mol. The van der Waals surface area contributed by atoms with E-state index in [1.165, 1.54) is 6.26 Å². The molecule has 10 heteroatoms. The summed E-state index contributed by atoms with van der Waals surface area (Å²) in [4.78, 5) is 19.0. The Morgan fingerprint density at radius 1 is 1.00 bits per heavy atom. The number of ether oxygens (including phenoxy) is 1. The number of benzene rings is 1. The Morgan fingerprint density at radius 3 is 2.42 bits per heavy atom. The van der Waals surface area contributed by atoms with Crippen LogP contribution in [0.3, 0.4) is 0 Å². The molecule has 33 heavy (non-hydrogen) atoms. The fourth-order valence-corrected chi connectivity index (χ4v) is 5.12. The van der Waals surface area contributed by atoms with Crippen LogP contribution in [0.4, 0.5) is 17.5 Å². The third kappa shape index (κ3) is 4.92. The summed E-state index contributed by atoms with van der Waals surface area (Å²) in [6.07, 6.45) is 6.83. The van der Waals surface area contributed by atoms with Crippen molar-refractivity contribution in [3.8, 4) is 0 Å². The standard InChI is InChI=1S/C23H28N6O3S/c1-33(30,31)19-4-2-17(3-5-19)25-22-20-16-24-9-6-21(20)26-23(27-22)29-10-7-18(8-11-29)28-12-14-32-15-13-28/h2-6,9,16,18H,7-8,10-15H2,1H3,(H,25,26,27). The molecule has 0 bridgehead atoms. The Hall–Kier alpha value is -2.82. The number of nitrogens with zero attached hydrogens (tertiary/aromatic N) is 5. The van der Waals surface area contributed by atoms with Crippen molar-refractivity contribution in [3.63, 3.8) is 0 Å². The van der Waals surface area contributed by atoms with Gasteiger partial charge in [-0.15, -0.1) is 0 Å². The Morgan fingerprint density at radius 2 is 1.73 bits per heavy atom. The Kier molecular flexibility index (Phi) is 6.13. The van der Waals surface area contributed by atoms with E-state index in [9.17, 15) is 8.42 Å². The highest BCUT2D eigenvalue weighted by Gasteiger charge is 2.27. The van der Waals surface area contributed by atoms with E-state index in [0.29, 0.717) is 17.8 Å². The van der Waals surface area contributed by atoms with Crippen molar-refractivity contribution in [3.05, 3.63) is 42.7 Å². The minimum Gasteiger partial charge on any atom is -0.379 e. The van der Waals surface area contributed by atoms with Crippen molar-refractivity contribution in [2.24, 2.45) is 0 Å². The first-order chi connectivity index (χ1) is 16.0. The van der Waals surface area contributed by atoms with Gasteiger partial charge in [0.2, 0.25) is 5.95 Å². The van der Waals surface area contributed by atoms with Crippen molar-refractivity contribution in [1.82, 2.24) is 19.9 Å². The number of hydrogen-bond donors (Lipinski definition) is 1. The molecule has 1 N–H and O–H groups in total. The number of aromatic nitrogens is 3. The van der Waals surface area contributed by atoms with Crippen LogP contribution in [0, 0.1) is 0 Å². The molecule has 2 fully saturated rings. The molecule has 2 aliphatic rings. The highest BCUT2D eigenvalue weighted by molar-refractivity contribution is 7.90. The maximum atomic E-state index is 11.8. The van der Waals surface area contributed by atoms with Crippen LogP contribution in [0.2, 0.25) is 0 Å². The number of rotatable bonds is 5. The van der Waals surface area contributed by atoms with Gasteiger partial charge in [-0.2, -0.15) is 4.98 Å². The summed E-state index contributed by atoms with van der Waals surface area (Å²) in [5.74, 6) is 1.36. The highest BCUT2D eigenvalue weighted by Crippen LogP contribution is 2.28. The van der Waals surface area contributed by atoms with Crippen molar-refractivity contribution < 1.29 is 13.2 Å². The number of sulfone groups is 1. The number of hydrogen-bond acceptors (Lipinski definition) is 9.